The van der Waals surface area contributed by atoms with Crippen molar-refractivity contribution in [2.45, 2.75) is 19.4 Å². The van der Waals surface area contributed by atoms with E-state index in [2.05, 4.69) is 39.4 Å². The first kappa shape index (κ1) is 22.8. The van der Waals surface area contributed by atoms with E-state index in [-0.39, 0.29) is 6.04 Å². The highest BCUT2D eigenvalue weighted by atomic mass is 16.5. The van der Waals surface area contributed by atoms with Gasteiger partial charge in [0.25, 0.3) is 0 Å². The smallest absolute Gasteiger partial charge is 0.138 e. The molecule has 0 spiro atoms. The lowest BCUT2D eigenvalue weighted by Gasteiger charge is -2.16. The van der Waals surface area contributed by atoms with Gasteiger partial charge in [-0.05, 0) is 54.8 Å². The lowest BCUT2D eigenvalue weighted by Crippen LogP contribution is -2.30. The number of para-hydroxylation sites is 2. The predicted molar refractivity (Wildman–Crippen MR) is 149 cm³/mol. The third-order valence-electron chi connectivity index (χ3n) is 6.76. The highest BCUT2D eigenvalue weighted by Gasteiger charge is 2.16. The van der Waals surface area contributed by atoms with E-state index in [1.165, 1.54) is 10.9 Å². The van der Waals surface area contributed by atoms with Crippen molar-refractivity contribution in [1.29, 1.82) is 0 Å². The Bertz CT molecular complexity index is 1720. The summed E-state index contributed by atoms with van der Waals surface area (Å²) < 4.78 is 6.16. The molecular formula is C30H28N6O. The summed E-state index contributed by atoms with van der Waals surface area (Å²) in [4.78, 5) is 8.11. The largest absolute Gasteiger partial charge is 0.490 e. The van der Waals surface area contributed by atoms with Gasteiger partial charge in [-0.25, -0.2) is 0 Å². The van der Waals surface area contributed by atoms with Crippen molar-refractivity contribution in [2.75, 3.05) is 12.3 Å². The van der Waals surface area contributed by atoms with Crippen LogP contribution < -0.4 is 16.2 Å². The molecule has 6 N–H and O–H groups in total. The number of anilines is 1. The summed E-state index contributed by atoms with van der Waals surface area (Å²) in [7, 11) is 0. The molecule has 0 fully saturated rings. The van der Waals surface area contributed by atoms with Gasteiger partial charge in [-0.2, -0.15) is 5.10 Å². The van der Waals surface area contributed by atoms with Crippen LogP contribution in [0.1, 0.15) is 11.3 Å². The second kappa shape index (κ2) is 9.44. The molecule has 0 aliphatic heterocycles. The lowest BCUT2D eigenvalue weighted by molar-refractivity contribution is 0.287. The maximum atomic E-state index is 6.47. The van der Waals surface area contributed by atoms with Gasteiger partial charge in [-0.15, -0.1) is 0 Å². The Morgan fingerprint density at radius 1 is 0.919 bits per heavy atom. The number of nitrogens with zero attached hydrogens (tertiary/aromatic N) is 2. The number of nitrogens with two attached hydrogens (primary N) is 2. The van der Waals surface area contributed by atoms with E-state index in [0.29, 0.717) is 24.5 Å². The van der Waals surface area contributed by atoms with Crippen LogP contribution in [0.25, 0.3) is 44.2 Å². The first-order valence-electron chi connectivity index (χ1n) is 12.3. The molecule has 7 heteroatoms. The van der Waals surface area contributed by atoms with E-state index < -0.39 is 0 Å². The topological polar surface area (TPSA) is 119 Å². The minimum absolute atomic E-state index is 0.169. The molecule has 7 nitrogen and oxygen atoms in total. The van der Waals surface area contributed by atoms with Crippen LogP contribution in [0.15, 0.2) is 85.2 Å². The summed E-state index contributed by atoms with van der Waals surface area (Å²) in [5.74, 6) is 0.659. The van der Waals surface area contributed by atoms with Crippen molar-refractivity contribution in [2.24, 2.45) is 5.73 Å². The number of H-pyrrole nitrogens is 2. The van der Waals surface area contributed by atoms with Crippen molar-refractivity contribution in [3.8, 4) is 28.1 Å². The van der Waals surface area contributed by atoms with Crippen molar-refractivity contribution >= 4 is 27.5 Å². The van der Waals surface area contributed by atoms with E-state index >= 15 is 0 Å². The Hall–Kier alpha value is -4.62. The fourth-order valence-corrected chi connectivity index (χ4v) is 4.83. The van der Waals surface area contributed by atoms with Crippen LogP contribution in [0.2, 0.25) is 0 Å². The van der Waals surface area contributed by atoms with Gasteiger partial charge in [0.15, 0.2) is 0 Å². The van der Waals surface area contributed by atoms with E-state index in [9.17, 15) is 0 Å². The van der Waals surface area contributed by atoms with Gasteiger partial charge in [0.05, 0.1) is 23.1 Å². The Labute approximate surface area is 214 Å². The summed E-state index contributed by atoms with van der Waals surface area (Å²) in [5.41, 5.74) is 21.3. The summed E-state index contributed by atoms with van der Waals surface area (Å²) in [5, 5.41) is 9.67. The van der Waals surface area contributed by atoms with Crippen LogP contribution in [-0.4, -0.2) is 32.8 Å². The van der Waals surface area contributed by atoms with Crippen molar-refractivity contribution < 1.29 is 4.74 Å². The predicted octanol–water partition coefficient (Wildman–Crippen LogP) is 5.61. The minimum Gasteiger partial charge on any atom is -0.490 e. The number of aryl methyl sites for hydroxylation is 1. The first-order chi connectivity index (χ1) is 18.1. The highest BCUT2D eigenvalue weighted by Crippen LogP contribution is 2.37. The van der Waals surface area contributed by atoms with Gasteiger partial charge in [0, 0.05) is 45.3 Å². The normalized spacial score (nSPS) is 12.3. The number of fused-ring (bicyclic) bond motifs is 2. The zero-order valence-electron chi connectivity index (χ0n) is 20.5. The number of hydrogen-bond acceptors (Lipinski definition) is 5. The van der Waals surface area contributed by atoms with Crippen LogP contribution in [0, 0.1) is 6.92 Å². The zero-order chi connectivity index (χ0) is 25.4. The molecule has 1 atom stereocenters. The maximum absolute atomic E-state index is 6.47. The summed E-state index contributed by atoms with van der Waals surface area (Å²) in [6, 6.07) is 24.1. The fraction of sp³-hybridized carbons (Fsp3) is 0.133. The van der Waals surface area contributed by atoms with Crippen LogP contribution in [-0.2, 0) is 6.42 Å². The minimum atomic E-state index is -0.169. The average molecular weight is 489 g/mol. The second-order valence-corrected chi connectivity index (χ2v) is 9.36. The number of pyridine rings is 1. The van der Waals surface area contributed by atoms with Gasteiger partial charge >= 0.3 is 0 Å². The van der Waals surface area contributed by atoms with E-state index in [4.69, 9.17) is 21.2 Å². The van der Waals surface area contributed by atoms with Gasteiger partial charge < -0.3 is 21.2 Å². The van der Waals surface area contributed by atoms with Gasteiger partial charge in [-0.3, -0.25) is 10.1 Å². The molecule has 3 aromatic heterocycles. The van der Waals surface area contributed by atoms with Gasteiger partial charge in [0.2, 0.25) is 0 Å². The molecule has 0 radical (unpaired) electrons. The molecule has 0 aliphatic carbocycles. The molecule has 0 amide bonds. The summed E-state index contributed by atoms with van der Waals surface area (Å²) >= 11 is 0. The van der Waals surface area contributed by atoms with Crippen LogP contribution in [0.4, 0.5) is 5.69 Å². The molecule has 3 aromatic carbocycles. The number of hydrogen-bond donors (Lipinski definition) is 4. The quantitative estimate of drug-likeness (QED) is 0.218. The van der Waals surface area contributed by atoms with Crippen molar-refractivity contribution in [3.63, 3.8) is 0 Å². The lowest BCUT2D eigenvalue weighted by atomic mass is 9.97. The van der Waals surface area contributed by atoms with Crippen molar-refractivity contribution in [3.05, 3.63) is 96.4 Å². The number of aromatic amines is 2. The Morgan fingerprint density at radius 3 is 2.65 bits per heavy atom. The van der Waals surface area contributed by atoms with Gasteiger partial charge in [-0.1, -0.05) is 42.5 Å². The first-order valence-corrected chi connectivity index (χ1v) is 12.3. The average Bonchev–Trinajstić information content (AvgIpc) is 3.51. The zero-order valence-corrected chi connectivity index (χ0v) is 20.5. The molecule has 3 heterocycles. The molecule has 0 bridgehead atoms. The Kier molecular flexibility index (Phi) is 5.82. The maximum Gasteiger partial charge on any atom is 0.138 e. The molecule has 6 aromatic rings. The molecular weight excluding hydrogens is 460 g/mol. The second-order valence-electron chi connectivity index (χ2n) is 9.36. The number of nitrogens with one attached hydrogen (secondary N) is 2. The molecule has 184 valence electrons. The fourth-order valence-electron chi connectivity index (χ4n) is 4.83. The van der Waals surface area contributed by atoms with E-state index in [1.807, 2.05) is 61.7 Å². The highest BCUT2D eigenvalue weighted by molar-refractivity contribution is 5.92. The number of ether oxygens (including phenoxy) is 1. The molecule has 0 saturated heterocycles. The molecule has 37 heavy (non-hydrogen) atoms. The third-order valence-corrected chi connectivity index (χ3v) is 6.76. The van der Waals surface area contributed by atoms with Crippen LogP contribution in [0.3, 0.4) is 0 Å². The summed E-state index contributed by atoms with van der Waals surface area (Å²) in [6.07, 6.45) is 4.47. The SMILES string of the molecule is Cc1n[nH]c2ccc(-c3cc(OC[C@H](N)Cc4c[nH]c5ccccc45)cnc3-c3ccccc3N)cc12. The summed E-state index contributed by atoms with van der Waals surface area (Å²) in [6.45, 7) is 2.36. The Morgan fingerprint density at radius 2 is 1.76 bits per heavy atom. The van der Waals surface area contributed by atoms with E-state index in [1.54, 1.807) is 6.20 Å². The van der Waals surface area contributed by atoms with E-state index in [0.717, 1.165) is 44.5 Å². The number of aromatic nitrogens is 4. The van der Waals surface area contributed by atoms with Crippen molar-refractivity contribution in [1.82, 2.24) is 20.2 Å². The molecule has 0 saturated carbocycles. The van der Waals surface area contributed by atoms with Crippen LogP contribution >= 0.6 is 0 Å². The number of rotatable bonds is 7. The van der Waals surface area contributed by atoms with Gasteiger partial charge in [0.1, 0.15) is 12.4 Å². The number of benzene rings is 3. The Balaban J connectivity index is 1.31. The standard InChI is InChI=1S/C30H28N6O/c1-18-25-13-19(10-11-29(25)36-35-18)26-14-22(16-34-30(26)24-7-2-4-8-27(24)32)37-17-21(31)12-20-15-33-28-9-5-3-6-23(20)28/h2-11,13-16,21,33H,12,17,31-32H2,1H3,(H,35,36)/t21-/m1/s1. The number of nitrogen functional groups attached to an aromatic ring is 1. The molecule has 0 unspecified atom stereocenters. The molecule has 6 rings (SSSR count). The monoisotopic (exact) mass is 488 g/mol. The molecule has 0 aliphatic rings. The third kappa shape index (κ3) is 4.41. The van der Waals surface area contributed by atoms with Crippen LogP contribution in [0.5, 0.6) is 5.75 Å².